The first-order chi connectivity index (χ1) is 16.5. The first-order valence-corrected chi connectivity index (χ1v) is 9.73. The normalized spacial score (nSPS) is 11.6. The van der Waals surface area contributed by atoms with E-state index in [9.17, 15) is 39.5 Å². The van der Waals surface area contributed by atoms with Crippen LogP contribution in [0.5, 0.6) is 5.75 Å². The van der Waals surface area contributed by atoms with Crippen LogP contribution in [0.3, 0.4) is 0 Å². The van der Waals surface area contributed by atoms with Crippen LogP contribution in [0.1, 0.15) is 5.56 Å². The summed E-state index contributed by atoms with van der Waals surface area (Å²) >= 11 is 0. The molecule has 0 aromatic heterocycles. The lowest BCUT2D eigenvalue weighted by Crippen LogP contribution is -2.25. The Morgan fingerprint density at radius 2 is 1.03 bits per heavy atom. The molecule has 4 rings (SSSR count). The smallest absolute Gasteiger partial charge is 0.429 e. The lowest BCUT2D eigenvalue weighted by molar-refractivity contribution is -0.189. The second kappa shape index (κ2) is 9.01. The van der Waals surface area contributed by atoms with Gasteiger partial charge in [-0.25, -0.2) is 30.7 Å². The van der Waals surface area contributed by atoms with Gasteiger partial charge in [-0.3, -0.25) is 0 Å². The van der Waals surface area contributed by atoms with E-state index in [1.165, 1.54) is 18.2 Å². The zero-order valence-corrected chi connectivity index (χ0v) is 17.2. The molecular formula is C25H11F9O. The second-order valence-corrected chi connectivity index (χ2v) is 7.31. The number of benzene rings is 4. The molecule has 0 unspecified atom stereocenters. The summed E-state index contributed by atoms with van der Waals surface area (Å²) in [5.41, 5.74) is -3.29. The lowest BCUT2D eigenvalue weighted by Gasteiger charge is -2.20. The fourth-order valence-corrected chi connectivity index (χ4v) is 3.41. The van der Waals surface area contributed by atoms with Crippen LogP contribution < -0.4 is 4.74 Å². The predicted molar refractivity (Wildman–Crippen MR) is 108 cm³/mol. The van der Waals surface area contributed by atoms with E-state index in [0.717, 1.165) is 18.2 Å². The van der Waals surface area contributed by atoms with Gasteiger partial charge in [0, 0.05) is 17.2 Å². The van der Waals surface area contributed by atoms with Crippen LogP contribution in [0.2, 0.25) is 0 Å². The van der Waals surface area contributed by atoms with Gasteiger partial charge in [-0.15, -0.1) is 0 Å². The summed E-state index contributed by atoms with van der Waals surface area (Å²) in [6.45, 7) is 0. The lowest BCUT2D eigenvalue weighted by atomic mass is 10.0. The Kier molecular flexibility index (Phi) is 6.23. The van der Waals surface area contributed by atoms with Gasteiger partial charge in [0.2, 0.25) is 0 Å². The van der Waals surface area contributed by atoms with Crippen molar-refractivity contribution in [1.82, 2.24) is 0 Å². The Morgan fingerprint density at radius 3 is 1.57 bits per heavy atom. The van der Waals surface area contributed by atoms with Crippen LogP contribution >= 0.6 is 0 Å². The van der Waals surface area contributed by atoms with Crippen LogP contribution in [-0.2, 0) is 6.11 Å². The molecular weight excluding hydrogens is 487 g/mol. The Hall–Kier alpha value is -3.95. The number of hydrogen-bond acceptors (Lipinski definition) is 1. The molecule has 0 aliphatic carbocycles. The van der Waals surface area contributed by atoms with Crippen molar-refractivity contribution in [2.75, 3.05) is 0 Å². The topological polar surface area (TPSA) is 9.23 Å². The maximum absolute atomic E-state index is 14.6. The summed E-state index contributed by atoms with van der Waals surface area (Å²) in [5.74, 6) is -11.5. The van der Waals surface area contributed by atoms with Crippen molar-refractivity contribution >= 4 is 0 Å². The van der Waals surface area contributed by atoms with Gasteiger partial charge in [-0.2, -0.15) is 8.78 Å². The quantitative estimate of drug-likeness (QED) is 0.200. The molecule has 0 spiro atoms. The Bertz CT molecular complexity index is 1390. The maximum Gasteiger partial charge on any atom is 0.432 e. The fourth-order valence-electron chi connectivity index (χ4n) is 3.41. The van der Waals surface area contributed by atoms with Crippen LogP contribution in [0, 0.1) is 40.7 Å². The van der Waals surface area contributed by atoms with Crippen LogP contribution in [0.15, 0.2) is 66.7 Å². The Labute approximate surface area is 192 Å². The van der Waals surface area contributed by atoms with Crippen LogP contribution in [0.4, 0.5) is 39.5 Å². The largest absolute Gasteiger partial charge is 0.432 e. The number of hydrogen-bond donors (Lipinski definition) is 0. The average Bonchev–Trinajstić information content (AvgIpc) is 2.76. The van der Waals surface area contributed by atoms with E-state index >= 15 is 0 Å². The highest BCUT2D eigenvalue weighted by Crippen LogP contribution is 2.38. The molecule has 0 radical (unpaired) electrons. The third-order valence-corrected chi connectivity index (χ3v) is 5.00. The summed E-state index contributed by atoms with van der Waals surface area (Å²) < 4.78 is 131. The highest BCUT2D eigenvalue weighted by Gasteiger charge is 2.41. The zero-order chi connectivity index (χ0) is 25.5. The zero-order valence-electron chi connectivity index (χ0n) is 17.2. The van der Waals surface area contributed by atoms with Crippen molar-refractivity contribution in [3.8, 4) is 28.0 Å². The number of ether oxygens (including phenoxy) is 1. The summed E-state index contributed by atoms with van der Waals surface area (Å²) in [5, 5.41) is 0. The van der Waals surface area contributed by atoms with Gasteiger partial charge in [0.15, 0.2) is 17.5 Å². The molecule has 0 bridgehead atoms. The molecule has 0 fully saturated rings. The van der Waals surface area contributed by atoms with E-state index in [4.69, 9.17) is 0 Å². The molecule has 180 valence electrons. The standard InChI is InChI=1S/C25H11F9O/c26-17-4-2-1-3-15(17)12-7-19(28)23(20(29)8-12)25(33,34)35-14-5-6-16(18(27)11-14)13-9-21(30)24(32)22(31)10-13/h1-11H. The SMILES string of the molecule is Fc1ccccc1-c1cc(F)c(C(F)(F)Oc2ccc(-c3cc(F)c(F)c(F)c3)c(F)c2)c(F)c1. The van der Waals surface area contributed by atoms with E-state index in [2.05, 4.69) is 4.74 Å². The average molecular weight is 498 g/mol. The van der Waals surface area contributed by atoms with Crippen molar-refractivity contribution in [3.05, 3.63) is 113 Å². The number of rotatable bonds is 5. The Balaban J connectivity index is 1.65. The molecule has 0 saturated heterocycles. The minimum atomic E-state index is -4.63. The minimum absolute atomic E-state index is 0.229. The molecule has 0 saturated carbocycles. The maximum atomic E-state index is 14.6. The molecule has 0 atom stereocenters. The monoisotopic (exact) mass is 498 g/mol. The third-order valence-electron chi connectivity index (χ3n) is 5.00. The molecule has 0 N–H and O–H groups in total. The van der Waals surface area contributed by atoms with Gasteiger partial charge in [0.05, 0.1) is 0 Å². The van der Waals surface area contributed by atoms with E-state index in [-0.39, 0.29) is 11.1 Å². The number of halogens is 9. The molecule has 0 heterocycles. The van der Waals surface area contributed by atoms with Crippen molar-refractivity contribution in [3.63, 3.8) is 0 Å². The summed E-state index contributed by atoms with van der Waals surface area (Å²) in [6, 6.07) is 8.86. The van der Waals surface area contributed by atoms with Gasteiger partial charge in [0.1, 0.15) is 34.6 Å². The first-order valence-electron chi connectivity index (χ1n) is 9.73. The molecule has 1 nitrogen and oxygen atoms in total. The fraction of sp³-hybridized carbons (Fsp3) is 0.0400. The minimum Gasteiger partial charge on any atom is -0.429 e. The Morgan fingerprint density at radius 1 is 0.514 bits per heavy atom. The molecule has 10 heteroatoms. The molecule has 35 heavy (non-hydrogen) atoms. The van der Waals surface area contributed by atoms with E-state index < -0.39 is 69.3 Å². The third kappa shape index (κ3) is 4.68. The van der Waals surface area contributed by atoms with Crippen molar-refractivity contribution < 1.29 is 44.3 Å². The van der Waals surface area contributed by atoms with Crippen LogP contribution in [-0.4, -0.2) is 0 Å². The van der Waals surface area contributed by atoms with Crippen LogP contribution in [0.25, 0.3) is 22.3 Å². The molecule has 0 aliphatic heterocycles. The molecule has 0 amide bonds. The number of alkyl halides is 2. The first kappa shape index (κ1) is 24.2. The van der Waals surface area contributed by atoms with Gasteiger partial charge in [-0.05, 0) is 53.6 Å². The van der Waals surface area contributed by atoms with Crippen molar-refractivity contribution in [2.24, 2.45) is 0 Å². The van der Waals surface area contributed by atoms with Gasteiger partial charge in [-0.1, -0.05) is 18.2 Å². The highest BCUT2D eigenvalue weighted by molar-refractivity contribution is 5.66. The van der Waals surface area contributed by atoms with Gasteiger partial charge < -0.3 is 4.74 Å². The second-order valence-electron chi connectivity index (χ2n) is 7.31. The summed E-state index contributed by atoms with van der Waals surface area (Å²) in [4.78, 5) is 0. The van der Waals surface area contributed by atoms with Gasteiger partial charge in [0.25, 0.3) is 0 Å². The highest BCUT2D eigenvalue weighted by atomic mass is 19.3. The van der Waals surface area contributed by atoms with Gasteiger partial charge >= 0.3 is 6.11 Å². The molecule has 4 aromatic rings. The van der Waals surface area contributed by atoms with E-state index in [1.807, 2.05) is 0 Å². The molecule has 0 aliphatic rings. The van der Waals surface area contributed by atoms with E-state index in [0.29, 0.717) is 30.3 Å². The van der Waals surface area contributed by atoms with Crippen molar-refractivity contribution in [1.29, 1.82) is 0 Å². The molecule has 4 aromatic carbocycles. The summed E-state index contributed by atoms with van der Waals surface area (Å²) in [6.07, 6.45) is -4.63. The van der Waals surface area contributed by atoms with Crippen molar-refractivity contribution in [2.45, 2.75) is 6.11 Å². The summed E-state index contributed by atoms with van der Waals surface area (Å²) in [7, 11) is 0. The predicted octanol–water partition coefficient (Wildman–Crippen LogP) is 8.12. The van der Waals surface area contributed by atoms with E-state index in [1.54, 1.807) is 0 Å².